The van der Waals surface area contributed by atoms with Gasteiger partial charge in [-0.2, -0.15) is 0 Å². The predicted octanol–water partition coefficient (Wildman–Crippen LogP) is 3.83. The van der Waals surface area contributed by atoms with Gasteiger partial charge in [0.15, 0.2) is 0 Å². The molecule has 3 rings (SSSR count). The summed E-state index contributed by atoms with van der Waals surface area (Å²) < 4.78 is 0. The van der Waals surface area contributed by atoms with Gasteiger partial charge in [-0.3, -0.25) is 0 Å². The third kappa shape index (κ3) is 5.79. The van der Waals surface area contributed by atoms with E-state index >= 15 is 0 Å². The number of benzene rings is 2. The fraction of sp³-hybridized carbons (Fsp3) is 0.304. The van der Waals surface area contributed by atoms with Crippen LogP contribution in [0.25, 0.3) is 0 Å². The number of hydrogen-bond donors (Lipinski definition) is 3. The zero-order chi connectivity index (χ0) is 20.4. The summed E-state index contributed by atoms with van der Waals surface area (Å²) in [5, 5.41) is 15.6. The SMILES string of the molecule is NCC1CCC(c2ccccc2)(c2ccccc2)CC1.O=C(O)C=CC(=O)O. The molecule has 0 heterocycles. The lowest BCUT2D eigenvalue weighted by molar-refractivity contribution is -0.134. The number of aliphatic carboxylic acids is 2. The largest absolute Gasteiger partial charge is 0.478 e. The van der Waals surface area contributed by atoms with Crippen molar-refractivity contribution in [3.8, 4) is 0 Å². The molecule has 0 bridgehead atoms. The van der Waals surface area contributed by atoms with Gasteiger partial charge in [0.25, 0.3) is 0 Å². The summed E-state index contributed by atoms with van der Waals surface area (Å²) >= 11 is 0. The Balaban J connectivity index is 0.000000300. The molecule has 28 heavy (non-hydrogen) atoms. The first-order valence-corrected chi connectivity index (χ1v) is 9.43. The molecule has 1 fully saturated rings. The summed E-state index contributed by atoms with van der Waals surface area (Å²) in [6, 6.07) is 22.0. The van der Waals surface area contributed by atoms with E-state index in [0.29, 0.717) is 18.1 Å². The summed E-state index contributed by atoms with van der Waals surface area (Å²) in [6.07, 6.45) is 6.01. The van der Waals surface area contributed by atoms with Crippen molar-refractivity contribution in [3.05, 3.63) is 83.9 Å². The number of carboxylic acid groups (broad SMARTS) is 2. The maximum atomic E-state index is 9.55. The second-order valence-corrected chi connectivity index (χ2v) is 7.00. The van der Waals surface area contributed by atoms with Gasteiger partial charge in [-0.25, -0.2) is 9.59 Å². The van der Waals surface area contributed by atoms with Crippen molar-refractivity contribution in [2.75, 3.05) is 6.54 Å². The highest BCUT2D eigenvalue weighted by Gasteiger charge is 2.37. The molecule has 0 unspecified atom stereocenters. The summed E-state index contributed by atoms with van der Waals surface area (Å²) in [6.45, 7) is 0.833. The molecule has 2 aromatic rings. The first-order valence-electron chi connectivity index (χ1n) is 9.43. The molecule has 1 aliphatic rings. The summed E-state index contributed by atoms with van der Waals surface area (Å²) in [5.41, 5.74) is 8.98. The van der Waals surface area contributed by atoms with Crippen molar-refractivity contribution in [3.63, 3.8) is 0 Å². The van der Waals surface area contributed by atoms with Crippen LogP contribution in [0.1, 0.15) is 36.8 Å². The quantitative estimate of drug-likeness (QED) is 0.683. The molecule has 1 aliphatic carbocycles. The van der Waals surface area contributed by atoms with E-state index in [9.17, 15) is 9.59 Å². The van der Waals surface area contributed by atoms with E-state index in [-0.39, 0.29) is 5.41 Å². The zero-order valence-corrected chi connectivity index (χ0v) is 15.8. The van der Waals surface area contributed by atoms with Crippen molar-refractivity contribution in [2.45, 2.75) is 31.1 Å². The monoisotopic (exact) mass is 381 g/mol. The molecule has 5 nitrogen and oxygen atoms in total. The lowest BCUT2D eigenvalue weighted by atomic mass is 9.63. The van der Waals surface area contributed by atoms with Crippen LogP contribution in [0.2, 0.25) is 0 Å². The number of rotatable bonds is 5. The van der Waals surface area contributed by atoms with Gasteiger partial charge in [0, 0.05) is 17.6 Å². The topological polar surface area (TPSA) is 101 Å². The van der Waals surface area contributed by atoms with Crippen LogP contribution < -0.4 is 5.73 Å². The minimum Gasteiger partial charge on any atom is -0.478 e. The highest BCUT2D eigenvalue weighted by atomic mass is 16.4. The second kappa shape index (κ2) is 10.4. The smallest absolute Gasteiger partial charge is 0.328 e. The minimum atomic E-state index is -1.26. The molecule has 0 amide bonds. The molecule has 148 valence electrons. The van der Waals surface area contributed by atoms with E-state index in [1.165, 1.54) is 36.8 Å². The van der Waals surface area contributed by atoms with E-state index in [0.717, 1.165) is 6.54 Å². The molecular weight excluding hydrogens is 354 g/mol. The highest BCUT2D eigenvalue weighted by molar-refractivity contribution is 5.89. The number of nitrogens with two attached hydrogens (primary N) is 1. The van der Waals surface area contributed by atoms with Crippen LogP contribution in [0.3, 0.4) is 0 Å². The number of carbonyl (C=O) groups is 2. The maximum Gasteiger partial charge on any atom is 0.328 e. The molecule has 0 radical (unpaired) electrons. The summed E-state index contributed by atoms with van der Waals surface area (Å²) in [7, 11) is 0. The Morgan fingerprint density at radius 3 is 1.57 bits per heavy atom. The maximum absolute atomic E-state index is 9.55. The number of hydrogen-bond acceptors (Lipinski definition) is 3. The van der Waals surface area contributed by atoms with Crippen molar-refractivity contribution >= 4 is 11.9 Å². The average molecular weight is 381 g/mol. The van der Waals surface area contributed by atoms with E-state index in [1.54, 1.807) is 0 Å². The Hall–Kier alpha value is -2.92. The normalized spacial score (nSPS) is 16.2. The molecule has 2 aromatic carbocycles. The molecule has 4 N–H and O–H groups in total. The Labute approximate surface area is 165 Å². The lowest BCUT2D eigenvalue weighted by Crippen LogP contribution is -2.34. The molecular formula is C23H27NO4. The first kappa shape index (κ1) is 21.4. The van der Waals surface area contributed by atoms with Gasteiger partial charge in [-0.05, 0) is 49.3 Å². The lowest BCUT2D eigenvalue weighted by Gasteiger charge is -2.41. The van der Waals surface area contributed by atoms with E-state index < -0.39 is 11.9 Å². The summed E-state index contributed by atoms with van der Waals surface area (Å²) in [5.74, 6) is -1.81. The second-order valence-electron chi connectivity index (χ2n) is 7.00. The van der Waals surface area contributed by atoms with Gasteiger partial charge in [0.1, 0.15) is 0 Å². The van der Waals surface area contributed by atoms with Gasteiger partial charge in [-0.15, -0.1) is 0 Å². The molecule has 0 spiro atoms. The standard InChI is InChI=1S/C19H23N.C4H4O4/c20-15-16-11-13-19(14-12-16,17-7-3-1-4-8-17)18-9-5-2-6-10-18;5-3(6)1-2-4(7)8/h1-10,16H,11-15,20H2;1-2H,(H,5,6)(H,7,8). The average Bonchev–Trinajstić information content (AvgIpc) is 2.74. The van der Waals surface area contributed by atoms with E-state index in [2.05, 4.69) is 60.7 Å². The Morgan fingerprint density at radius 2 is 1.25 bits per heavy atom. The number of carboxylic acids is 2. The van der Waals surface area contributed by atoms with E-state index in [4.69, 9.17) is 15.9 Å². The first-order chi connectivity index (χ1) is 13.5. The summed E-state index contributed by atoms with van der Waals surface area (Å²) in [4.78, 5) is 19.1. The van der Waals surface area contributed by atoms with Crippen LogP contribution >= 0.6 is 0 Å². The Morgan fingerprint density at radius 1 is 0.857 bits per heavy atom. The third-order valence-corrected chi connectivity index (χ3v) is 5.31. The van der Waals surface area contributed by atoms with Crippen LogP contribution in [0.15, 0.2) is 72.8 Å². The minimum absolute atomic E-state index is 0.189. The van der Waals surface area contributed by atoms with Crippen LogP contribution in [-0.2, 0) is 15.0 Å². The molecule has 0 aromatic heterocycles. The van der Waals surface area contributed by atoms with Crippen molar-refractivity contribution in [2.24, 2.45) is 11.7 Å². The molecule has 0 aliphatic heterocycles. The van der Waals surface area contributed by atoms with Crippen molar-refractivity contribution in [1.29, 1.82) is 0 Å². The van der Waals surface area contributed by atoms with Gasteiger partial charge >= 0.3 is 11.9 Å². The fourth-order valence-electron chi connectivity index (χ4n) is 3.81. The van der Waals surface area contributed by atoms with E-state index in [1.807, 2.05) is 0 Å². The van der Waals surface area contributed by atoms with Gasteiger partial charge < -0.3 is 15.9 Å². The van der Waals surface area contributed by atoms with Gasteiger partial charge in [0.05, 0.1) is 0 Å². The highest BCUT2D eigenvalue weighted by Crippen LogP contribution is 2.46. The molecule has 1 saturated carbocycles. The Bertz CT molecular complexity index is 721. The molecule has 5 heteroatoms. The van der Waals surface area contributed by atoms with Gasteiger partial charge in [0.2, 0.25) is 0 Å². The van der Waals surface area contributed by atoms with Crippen molar-refractivity contribution in [1.82, 2.24) is 0 Å². The fourth-order valence-corrected chi connectivity index (χ4v) is 3.81. The molecule has 0 atom stereocenters. The predicted molar refractivity (Wildman–Crippen MR) is 109 cm³/mol. The zero-order valence-electron chi connectivity index (χ0n) is 15.8. The van der Waals surface area contributed by atoms with Crippen molar-refractivity contribution < 1.29 is 19.8 Å². The van der Waals surface area contributed by atoms with Crippen LogP contribution in [-0.4, -0.2) is 28.7 Å². The van der Waals surface area contributed by atoms with Gasteiger partial charge in [-0.1, -0.05) is 60.7 Å². The van der Waals surface area contributed by atoms with Crippen LogP contribution in [0.4, 0.5) is 0 Å². The third-order valence-electron chi connectivity index (χ3n) is 5.31. The van der Waals surface area contributed by atoms with Crippen LogP contribution in [0.5, 0.6) is 0 Å². The Kier molecular flexibility index (Phi) is 7.96. The van der Waals surface area contributed by atoms with Crippen LogP contribution in [0, 0.1) is 5.92 Å². The molecule has 0 saturated heterocycles.